The Bertz CT molecular complexity index is 160. The van der Waals surface area contributed by atoms with Gasteiger partial charge in [0.15, 0.2) is 0 Å². The fourth-order valence-corrected chi connectivity index (χ4v) is 2.64. The van der Waals surface area contributed by atoms with Crippen LogP contribution < -0.4 is 5.73 Å². The van der Waals surface area contributed by atoms with Crippen LogP contribution in [-0.2, 0) is 10.8 Å². The summed E-state index contributed by atoms with van der Waals surface area (Å²) in [5, 5.41) is 0. The molecule has 4 heteroatoms. The summed E-state index contributed by atoms with van der Waals surface area (Å²) < 4.78 is 11.6. The lowest BCUT2D eigenvalue weighted by Gasteiger charge is -2.17. The average Bonchev–Trinajstić information content (AvgIpc) is 2.19. The molecule has 0 aliphatic carbocycles. The summed E-state index contributed by atoms with van der Waals surface area (Å²) in [5.74, 6) is 1.91. The Balaban J connectivity index is 3.62. The van der Waals surface area contributed by atoms with E-state index in [0.717, 1.165) is 31.1 Å². The number of nitrogens with zero attached hydrogens (tertiary/aromatic N) is 1. The molecule has 0 aliphatic heterocycles. The van der Waals surface area contributed by atoms with Crippen molar-refractivity contribution in [2.24, 2.45) is 11.7 Å². The molecule has 2 atom stereocenters. The van der Waals surface area contributed by atoms with E-state index in [1.807, 2.05) is 0 Å². The molecule has 0 aliphatic rings. The first-order valence-corrected chi connectivity index (χ1v) is 6.90. The molecule has 0 amide bonds. The Kier molecular flexibility index (Phi) is 8.43. The first-order valence-electron chi connectivity index (χ1n) is 5.41. The average molecular weight is 220 g/mol. The summed E-state index contributed by atoms with van der Waals surface area (Å²) in [5.41, 5.74) is 5.48. The van der Waals surface area contributed by atoms with Crippen molar-refractivity contribution >= 4 is 10.8 Å². The second kappa shape index (κ2) is 8.38. The van der Waals surface area contributed by atoms with E-state index >= 15 is 0 Å². The van der Waals surface area contributed by atoms with Gasteiger partial charge in [0.1, 0.15) is 0 Å². The van der Waals surface area contributed by atoms with Crippen molar-refractivity contribution in [3.8, 4) is 0 Å². The van der Waals surface area contributed by atoms with Gasteiger partial charge in [-0.25, -0.2) is 0 Å². The van der Waals surface area contributed by atoms with Crippen LogP contribution in [0.25, 0.3) is 0 Å². The van der Waals surface area contributed by atoms with Crippen molar-refractivity contribution in [2.75, 3.05) is 37.7 Å². The number of nitrogens with two attached hydrogens (primary N) is 1. The number of hydrogen-bond donors (Lipinski definition) is 1. The van der Waals surface area contributed by atoms with Crippen LogP contribution in [0.15, 0.2) is 0 Å². The highest BCUT2D eigenvalue weighted by Crippen LogP contribution is 1.97. The van der Waals surface area contributed by atoms with Gasteiger partial charge in [0.25, 0.3) is 0 Å². The van der Waals surface area contributed by atoms with Crippen LogP contribution >= 0.6 is 0 Å². The lowest BCUT2D eigenvalue weighted by Crippen LogP contribution is -2.29. The van der Waals surface area contributed by atoms with Crippen molar-refractivity contribution in [1.82, 2.24) is 4.90 Å². The largest absolute Gasteiger partial charge is 0.330 e. The maximum Gasteiger partial charge on any atom is 0.0362 e. The van der Waals surface area contributed by atoms with E-state index in [9.17, 15) is 4.21 Å². The molecule has 0 heterocycles. The van der Waals surface area contributed by atoms with Crippen molar-refractivity contribution in [2.45, 2.75) is 20.8 Å². The highest BCUT2D eigenvalue weighted by atomic mass is 32.2. The minimum atomic E-state index is -0.695. The van der Waals surface area contributed by atoms with Gasteiger partial charge in [0.05, 0.1) is 0 Å². The molecule has 3 nitrogen and oxygen atoms in total. The first-order chi connectivity index (χ1) is 6.63. The molecule has 0 aromatic rings. The van der Waals surface area contributed by atoms with Crippen LogP contribution in [-0.4, -0.2) is 46.8 Å². The molecule has 0 radical (unpaired) electrons. The second-order valence-corrected chi connectivity index (χ2v) is 5.30. The minimum absolute atomic E-state index is 0.382. The smallest absolute Gasteiger partial charge is 0.0362 e. The zero-order valence-corrected chi connectivity index (χ0v) is 10.5. The fraction of sp³-hybridized carbons (Fsp3) is 1.00. The normalized spacial score (nSPS) is 15.8. The monoisotopic (exact) mass is 220 g/mol. The van der Waals surface area contributed by atoms with Crippen molar-refractivity contribution in [3.05, 3.63) is 0 Å². The van der Waals surface area contributed by atoms with E-state index in [0.29, 0.717) is 12.5 Å². The SMILES string of the molecule is CCN(CC)CCS(=O)CC(C)CN. The zero-order valence-electron chi connectivity index (χ0n) is 9.66. The van der Waals surface area contributed by atoms with Gasteiger partial charge in [0.2, 0.25) is 0 Å². The minimum Gasteiger partial charge on any atom is -0.330 e. The van der Waals surface area contributed by atoms with Crippen LogP contribution in [0.2, 0.25) is 0 Å². The van der Waals surface area contributed by atoms with Gasteiger partial charge in [-0.15, -0.1) is 0 Å². The first kappa shape index (κ1) is 14.1. The molecule has 0 saturated heterocycles. The maximum atomic E-state index is 11.6. The molecule has 0 spiro atoms. The third kappa shape index (κ3) is 6.51. The van der Waals surface area contributed by atoms with Crippen LogP contribution in [0.3, 0.4) is 0 Å². The van der Waals surface area contributed by atoms with Crippen LogP contribution in [0, 0.1) is 5.92 Å². The molecule has 0 fully saturated rings. The highest BCUT2D eigenvalue weighted by Gasteiger charge is 2.07. The lowest BCUT2D eigenvalue weighted by molar-refractivity contribution is 0.323. The van der Waals surface area contributed by atoms with Crippen molar-refractivity contribution < 1.29 is 4.21 Å². The summed E-state index contributed by atoms with van der Waals surface area (Å²) in [7, 11) is -0.695. The molecule has 0 rings (SSSR count). The van der Waals surface area contributed by atoms with Crippen molar-refractivity contribution in [1.29, 1.82) is 0 Å². The Hall–Kier alpha value is 0.0700. The fourth-order valence-electron chi connectivity index (χ4n) is 1.24. The molecule has 14 heavy (non-hydrogen) atoms. The zero-order chi connectivity index (χ0) is 11.0. The molecule has 86 valence electrons. The Morgan fingerprint density at radius 2 is 1.93 bits per heavy atom. The number of hydrogen-bond acceptors (Lipinski definition) is 3. The van der Waals surface area contributed by atoms with Gasteiger partial charge in [-0.3, -0.25) is 4.21 Å². The van der Waals surface area contributed by atoms with Gasteiger partial charge in [-0.2, -0.15) is 0 Å². The van der Waals surface area contributed by atoms with Crippen LogP contribution in [0.1, 0.15) is 20.8 Å². The standard InChI is InChI=1S/C10H24N2OS/c1-4-12(5-2)6-7-14(13)9-10(3)8-11/h10H,4-9,11H2,1-3H3. The molecule has 2 unspecified atom stereocenters. The van der Waals surface area contributed by atoms with Gasteiger partial charge in [-0.1, -0.05) is 20.8 Å². The van der Waals surface area contributed by atoms with E-state index in [1.165, 1.54) is 0 Å². The summed E-state index contributed by atoms with van der Waals surface area (Å²) in [6.07, 6.45) is 0. The van der Waals surface area contributed by atoms with E-state index in [-0.39, 0.29) is 0 Å². The molecular weight excluding hydrogens is 196 g/mol. The second-order valence-electron chi connectivity index (χ2n) is 3.68. The molecule has 2 N–H and O–H groups in total. The van der Waals surface area contributed by atoms with E-state index in [4.69, 9.17) is 5.73 Å². The Morgan fingerprint density at radius 3 is 2.36 bits per heavy atom. The molecule has 0 bridgehead atoms. The van der Waals surface area contributed by atoms with E-state index in [2.05, 4.69) is 25.7 Å². The summed E-state index contributed by atoms with van der Waals surface area (Å²) >= 11 is 0. The predicted molar refractivity (Wildman–Crippen MR) is 63.9 cm³/mol. The molecule has 0 saturated carbocycles. The quantitative estimate of drug-likeness (QED) is 0.654. The third-order valence-electron chi connectivity index (χ3n) is 2.40. The summed E-state index contributed by atoms with van der Waals surface area (Å²) in [6, 6.07) is 0. The Labute approximate surface area is 90.5 Å². The van der Waals surface area contributed by atoms with Gasteiger partial charge in [0, 0.05) is 28.9 Å². The lowest BCUT2D eigenvalue weighted by atomic mass is 10.2. The molecule has 0 aromatic carbocycles. The summed E-state index contributed by atoms with van der Waals surface area (Å²) in [4.78, 5) is 2.30. The molecule has 0 aromatic heterocycles. The van der Waals surface area contributed by atoms with E-state index in [1.54, 1.807) is 0 Å². The highest BCUT2D eigenvalue weighted by molar-refractivity contribution is 7.85. The van der Waals surface area contributed by atoms with E-state index < -0.39 is 10.8 Å². The molecular formula is C10H24N2OS. The van der Waals surface area contributed by atoms with Gasteiger partial charge in [-0.05, 0) is 25.6 Å². The Morgan fingerprint density at radius 1 is 1.36 bits per heavy atom. The predicted octanol–water partition coefficient (Wildman–Crippen LogP) is 0.672. The topological polar surface area (TPSA) is 46.3 Å². The third-order valence-corrected chi connectivity index (χ3v) is 3.98. The van der Waals surface area contributed by atoms with Crippen molar-refractivity contribution in [3.63, 3.8) is 0 Å². The van der Waals surface area contributed by atoms with Crippen LogP contribution in [0.4, 0.5) is 0 Å². The summed E-state index contributed by atoms with van der Waals surface area (Å²) in [6.45, 7) is 9.98. The van der Waals surface area contributed by atoms with Gasteiger partial charge < -0.3 is 10.6 Å². The maximum absolute atomic E-state index is 11.6. The van der Waals surface area contributed by atoms with Crippen LogP contribution in [0.5, 0.6) is 0 Å². The van der Waals surface area contributed by atoms with Gasteiger partial charge >= 0.3 is 0 Å². The number of rotatable bonds is 8.